The summed E-state index contributed by atoms with van der Waals surface area (Å²) in [6, 6.07) is 9.10. The van der Waals surface area contributed by atoms with Crippen LogP contribution in [0.15, 0.2) is 42.0 Å². The number of fused-ring (bicyclic) bond motifs is 1. The molecule has 6 heteroatoms. The molecule has 2 heterocycles. The van der Waals surface area contributed by atoms with Gasteiger partial charge in [-0.25, -0.2) is 14.8 Å². The number of carbonyl (C=O) groups is 1. The third-order valence-corrected chi connectivity index (χ3v) is 4.14. The van der Waals surface area contributed by atoms with E-state index in [1.807, 2.05) is 17.5 Å². The summed E-state index contributed by atoms with van der Waals surface area (Å²) in [6.45, 7) is 0.686. The highest BCUT2D eigenvalue weighted by Crippen LogP contribution is 2.23. The lowest BCUT2D eigenvalue weighted by Crippen LogP contribution is -2.03. The second-order valence-electron chi connectivity index (χ2n) is 4.91. The Labute approximate surface area is 143 Å². The Bertz CT molecular complexity index is 924. The first kappa shape index (κ1) is 16.0. The molecule has 0 atom stereocenters. The van der Waals surface area contributed by atoms with Gasteiger partial charge in [0, 0.05) is 18.5 Å². The summed E-state index contributed by atoms with van der Waals surface area (Å²) in [6.07, 6.45) is 2.23. The van der Waals surface area contributed by atoms with Gasteiger partial charge >= 0.3 is 5.97 Å². The van der Waals surface area contributed by atoms with Gasteiger partial charge in [-0.15, -0.1) is 11.3 Å². The minimum atomic E-state index is -0.358. The third kappa shape index (κ3) is 3.70. The van der Waals surface area contributed by atoms with Gasteiger partial charge in [0.2, 0.25) is 0 Å². The molecule has 0 aliphatic carbocycles. The molecule has 2 aromatic heterocycles. The summed E-state index contributed by atoms with van der Waals surface area (Å²) in [5.41, 5.74) is 1.29. The van der Waals surface area contributed by atoms with Crippen molar-refractivity contribution in [1.82, 2.24) is 9.97 Å². The van der Waals surface area contributed by atoms with Crippen molar-refractivity contribution in [2.45, 2.75) is 6.42 Å². The molecule has 3 rings (SSSR count). The summed E-state index contributed by atoms with van der Waals surface area (Å²) in [4.78, 5) is 20.9. The molecule has 0 radical (unpaired) electrons. The molecular weight excluding hydrogens is 322 g/mol. The lowest BCUT2D eigenvalue weighted by Gasteiger charge is -2.03. The van der Waals surface area contributed by atoms with Crippen LogP contribution in [0.5, 0.6) is 0 Å². The van der Waals surface area contributed by atoms with E-state index >= 15 is 0 Å². The summed E-state index contributed by atoms with van der Waals surface area (Å²) < 4.78 is 4.70. The van der Waals surface area contributed by atoms with Crippen LogP contribution in [-0.4, -0.2) is 29.6 Å². The largest absolute Gasteiger partial charge is 0.465 e. The number of anilines is 1. The highest BCUT2D eigenvalue weighted by molar-refractivity contribution is 7.16. The number of methoxy groups -OCH3 is 1. The molecule has 24 heavy (non-hydrogen) atoms. The average Bonchev–Trinajstić information content (AvgIpc) is 3.10. The topological polar surface area (TPSA) is 64.1 Å². The molecular formula is C18H15N3O2S. The number of nitrogens with zero attached hydrogens (tertiary/aromatic N) is 2. The van der Waals surface area contributed by atoms with Crippen LogP contribution in [0.25, 0.3) is 10.2 Å². The SMILES string of the molecule is COC(=O)c1cccc(C#CCCNc2ncnc3sccc23)c1. The average molecular weight is 337 g/mol. The van der Waals surface area contributed by atoms with Gasteiger partial charge < -0.3 is 10.1 Å². The normalized spacial score (nSPS) is 10.0. The predicted molar refractivity (Wildman–Crippen MR) is 95.2 cm³/mol. The zero-order valence-corrected chi connectivity index (χ0v) is 13.9. The molecule has 0 saturated carbocycles. The van der Waals surface area contributed by atoms with Gasteiger partial charge in [0.15, 0.2) is 0 Å². The quantitative estimate of drug-likeness (QED) is 0.449. The highest BCUT2D eigenvalue weighted by Gasteiger charge is 2.04. The Morgan fingerprint density at radius 1 is 1.33 bits per heavy atom. The van der Waals surface area contributed by atoms with Crippen LogP contribution in [0.4, 0.5) is 5.82 Å². The summed E-state index contributed by atoms with van der Waals surface area (Å²) >= 11 is 1.59. The molecule has 120 valence electrons. The predicted octanol–water partition coefficient (Wildman–Crippen LogP) is 3.33. The minimum absolute atomic E-state index is 0.358. The molecule has 0 fully saturated rings. The molecule has 5 nitrogen and oxygen atoms in total. The Balaban J connectivity index is 1.59. The molecule has 3 aromatic rings. The van der Waals surface area contributed by atoms with Crippen LogP contribution in [0.2, 0.25) is 0 Å². The van der Waals surface area contributed by atoms with Crippen LogP contribution in [0.3, 0.4) is 0 Å². The number of nitrogens with one attached hydrogen (secondary N) is 1. The number of esters is 1. The lowest BCUT2D eigenvalue weighted by atomic mass is 10.1. The summed E-state index contributed by atoms with van der Waals surface area (Å²) in [5.74, 6) is 6.62. The van der Waals surface area contributed by atoms with Crippen LogP contribution >= 0.6 is 11.3 Å². The van der Waals surface area contributed by atoms with Crippen molar-refractivity contribution in [2.75, 3.05) is 19.0 Å². The maximum absolute atomic E-state index is 11.5. The number of rotatable bonds is 4. The molecule has 0 aliphatic rings. The Hall–Kier alpha value is -2.91. The van der Waals surface area contributed by atoms with E-state index in [2.05, 4.69) is 27.1 Å². The van der Waals surface area contributed by atoms with Crippen molar-refractivity contribution < 1.29 is 9.53 Å². The number of aromatic nitrogens is 2. The molecule has 1 N–H and O–H groups in total. The van der Waals surface area contributed by atoms with Gasteiger partial charge in [-0.1, -0.05) is 17.9 Å². The Morgan fingerprint density at radius 3 is 3.12 bits per heavy atom. The number of benzene rings is 1. The van der Waals surface area contributed by atoms with E-state index in [1.54, 1.807) is 35.9 Å². The standard InChI is InChI=1S/C18H15N3O2S/c1-23-18(22)14-7-4-6-13(11-14)5-2-3-9-19-16-15-8-10-24-17(15)21-12-20-16/h4,6-8,10-12H,3,9H2,1H3,(H,19,20,21). The fraction of sp³-hybridized carbons (Fsp3) is 0.167. The van der Waals surface area contributed by atoms with E-state index in [0.717, 1.165) is 21.6 Å². The molecule has 0 saturated heterocycles. The van der Waals surface area contributed by atoms with Crippen molar-refractivity contribution in [3.05, 3.63) is 53.2 Å². The van der Waals surface area contributed by atoms with Gasteiger partial charge in [0.05, 0.1) is 18.1 Å². The monoisotopic (exact) mass is 337 g/mol. The number of hydrogen-bond acceptors (Lipinski definition) is 6. The molecule has 1 aromatic carbocycles. The van der Waals surface area contributed by atoms with E-state index < -0.39 is 0 Å². The minimum Gasteiger partial charge on any atom is -0.465 e. The van der Waals surface area contributed by atoms with E-state index in [-0.39, 0.29) is 5.97 Å². The van der Waals surface area contributed by atoms with Gasteiger partial charge in [-0.3, -0.25) is 0 Å². The fourth-order valence-corrected chi connectivity index (χ4v) is 2.91. The van der Waals surface area contributed by atoms with Gasteiger partial charge in [0.1, 0.15) is 17.0 Å². The first-order chi connectivity index (χ1) is 11.8. The van der Waals surface area contributed by atoms with Crippen molar-refractivity contribution in [1.29, 1.82) is 0 Å². The number of hydrogen-bond donors (Lipinski definition) is 1. The Morgan fingerprint density at radius 2 is 2.25 bits per heavy atom. The molecule has 0 spiro atoms. The number of ether oxygens (including phenoxy) is 1. The molecule has 0 bridgehead atoms. The first-order valence-electron chi connectivity index (χ1n) is 7.37. The zero-order chi connectivity index (χ0) is 16.8. The maximum Gasteiger partial charge on any atom is 0.337 e. The first-order valence-corrected chi connectivity index (χ1v) is 8.25. The second-order valence-corrected chi connectivity index (χ2v) is 5.81. The van der Waals surface area contributed by atoms with E-state index in [9.17, 15) is 4.79 Å². The number of thiophene rings is 1. The fourth-order valence-electron chi connectivity index (χ4n) is 2.18. The van der Waals surface area contributed by atoms with Crippen molar-refractivity contribution in [3.8, 4) is 11.8 Å². The van der Waals surface area contributed by atoms with Crippen LogP contribution in [-0.2, 0) is 4.74 Å². The Kier molecular flexibility index (Phi) is 5.04. The van der Waals surface area contributed by atoms with E-state index in [0.29, 0.717) is 18.5 Å². The molecule has 0 aliphatic heterocycles. The van der Waals surface area contributed by atoms with Gasteiger partial charge in [-0.2, -0.15) is 0 Å². The maximum atomic E-state index is 11.5. The van der Waals surface area contributed by atoms with Crippen molar-refractivity contribution in [2.24, 2.45) is 0 Å². The van der Waals surface area contributed by atoms with Crippen molar-refractivity contribution >= 4 is 33.3 Å². The van der Waals surface area contributed by atoms with Crippen LogP contribution < -0.4 is 5.32 Å². The highest BCUT2D eigenvalue weighted by atomic mass is 32.1. The smallest absolute Gasteiger partial charge is 0.337 e. The lowest BCUT2D eigenvalue weighted by molar-refractivity contribution is 0.0600. The zero-order valence-electron chi connectivity index (χ0n) is 13.1. The van der Waals surface area contributed by atoms with E-state index in [4.69, 9.17) is 4.74 Å². The number of carbonyl (C=O) groups excluding carboxylic acids is 1. The summed E-state index contributed by atoms with van der Waals surface area (Å²) in [5, 5.41) is 6.31. The summed E-state index contributed by atoms with van der Waals surface area (Å²) in [7, 11) is 1.37. The van der Waals surface area contributed by atoms with Gasteiger partial charge in [-0.05, 0) is 29.6 Å². The molecule has 0 amide bonds. The third-order valence-electron chi connectivity index (χ3n) is 3.32. The van der Waals surface area contributed by atoms with Crippen LogP contribution in [0.1, 0.15) is 22.3 Å². The van der Waals surface area contributed by atoms with Crippen LogP contribution in [0, 0.1) is 11.8 Å². The van der Waals surface area contributed by atoms with E-state index in [1.165, 1.54) is 7.11 Å². The van der Waals surface area contributed by atoms with Gasteiger partial charge in [0.25, 0.3) is 0 Å². The second kappa shape index (κ2) is 7.57. The molecule has 0 unspecified atom stereocenters. The van der Waals surface area contributed by atoms with Crippen molar-refractivity contribution in [3.63, 3.8) is 0 Å².